The SMILES string of the molecule is CSc1nc(Nc2ccc(C(=O)N3CCCCC3)c(C)c2)c(C(N)=O)c(=O)n1N. The number of anilines is 2. The molecule has 0 aliphatic carbocycles. The van der Waals surface area contributed by atoms with Crippen LogP contribution in [0.2, 0.25) is 0 Å². The number of nitrogens with one attached hydrogen (secondary N) is 1. The van der Waals surface area contributed by atoms with Gasteiger partial charge in [0.2, 0.25) is 0 Å². The molecule has 5 N–H and O–H groups in total. The largest absolute Gasteiger partial charge is 0.365 e. The third-order valence-corrected chi connectivity index (χ3v) is 5.53. The number of aryl methyl sites for hydroxylation is 1. The first kappa shape index (κ1) is 20.7. The van der Waals surface area contributed by atoms with Gasteiger partial charge in [-0.2, -0.15) is 0 Å². The van der Waals surface area contributed by atoms with Crippen molar-refractivity contribution in [3.63, 3.8) is 0 Å². The van der Waals surface area contributed by atoms with Gasteiger partial charge in [-0.25, -0.2) is 9.66 Å². The van der Waals surface area contributed by atoms with Crippen LogP contribution in [0, 0.1) is 6.92 Å². The van der Waals surface area contributed by atoms with Crippen molar-refractivity contribution in [2.75, 3.05) is 30.5 Å². The summed E-state index contributed by atoms with van der Waals surface area (Å²) in [4.78, 5) is 43.1. The molecule has 1 fully saturated rings. The average Bonchev–Trinajstić information content (AvgIpc) is 2.70. The standard InChI is InChI=1S/C19H24N6O3S/c1-11-10-12(6-7-13(11)17(27)24-8-4-3-5-9-24)22-16-14(15(20)26)18(28)25(21)19(23-16)29-2/h6-7,10,22H,3-5,8-9,21H2,1-2H3,(H2,20,26). The van der Waals surface area contributed by atoms with Gasteiger partial charge in [-0.05, 0) is 56.2 Å². The summed E-state index contributed by atoms with van der Waals surface area (Å²) in [6, 6.07) is 5.22. The van der Waals surface area contributed by atoms with Crippen molar-refractivity contribution in [2.45, 2.75) is 31.3 Å². The number of likely N-dealkylation sites (tertiary alicyclic amines) is 1. The Bertz CT molecular complexity index is 1010. The van der Waals surface area contributed by atoms with Crippen molar-refractivity contribution in [2.24, 2.45) is 5.73 Å². The highest BCUT2D eigenvalue weighted by Crippen LogP contribution is 2.23. The lowest BCUT2D eigenvalue weighted by atomic mass is 10.0. The van der Waals surface area contributed by atoms with E-state index in [1.165, 1.54) is 0 Å². The summed E-state index contributed by atoms with van der Waals surface area (Å²) in [5.41, 5.74) is 6.30. The zero-order valence-electron chi connectivity index (χ0n) is 16.4. The lowest BCUT2D eigenvalue weighted by Crippen LogP contribution is -2.36. The highest BCUT2D eigenvalue weighted by atomic mass is 32.2. The number of carbonyl (C=O) groups is 2. The molecule has 3 rings (SSSR count). The van der Waals surface area contributed by atoms with Crippen LogP contribution in [0.25, 0.3) is 0 Å². The maximum Gasteiger partial charge on any atom is 0.287 e. The summed E-state index contributed by atoms with van der Waals surface area (Å²) >= 11 is 1.16. The van der Waals surface area contributed by atoms with Gasteiger partial charge in [0, 0.05) is 24.3 Å². The quantitative estimate of drug-likeness (QED) is 0.381. The Labute approximate surface area is 172 Å². The number of hydrogen-bond acceptors (Lipinski definition) is 7. The van der Waals surface area contributed by atoms with Crippen LogP contribution in [0.1, 0.15) is 45.5 Å². The van der Waals surface area contributed by atoms with E-state index in [0.29, 0.717) is 11.3 Å². The van der Waals surface area contributed by atoms with Crippen LogP contribution in [0.15, 0.2) is 28.2 Å². The van der Waals surface area contributed by atoms with Crippen molar-refractivity contribution in [3.8, 4) is 0 Å². The molecule has 1 saturated heterocycles. The van der Waals surface area contributed by atoms with Gasteiger partial charge in [0.1, 0.15) is 5.56 Å². The highest BCUT2D eigenvalue weighted by molar-refractivity contribution is 7.98. The predicted octanol–water partition coefficient (Wildman–Crippen LogP) is 1.46. The maximum absolute atomic E-state index is 12.8. The summed E-state index contributed by atoms with van der Waals surface area (Å²) in [6.45, 7) is 3.39. The Hall–Kier alpha value is -3.01. The fourth-order valence-electron chi connectivity index (χ4n) is 3.36. The minimum Gasteiger partial charge on any atom is -0.365 e. The van der Waals surface area contributed by atoms with Gasteiger partial charge in [-0.15, -0.1) is 0 Å². The molecule has 2 aromatic rings. The lowest BCUT2D eigenvalue weighted by molar-refractivity contribution is 0.0723. The fourth-order valence-corrected chi connectivity index (χ4v) is 3.82. The third kappa shape index (κ3) is 4.21. The van der Waals surface area contributed by atoms with Crippen molar-refractivity contribution < 1.29 is 9.59 Å². The van der Waals surface area contributed by atoms with Crippen LogP contribution in [0.3, 0.4) is 0 Å². The summed E-state index contributed by atoms with van der Waals surface area (Å²) in [7, 11) is 0. The first-order chi connectivity index (χ1) is 13.8. The second-order valence-electron chi connectivity index (χ2n) is 6.87. The number of nitrogens with zero attached hydrogens (tertiary/aromatic N) is 3. The third-order valence-electron chi connectivity index (χ3n) is 4.87. The molecule has 1 aromatic heterocycles. The fraction of sp³-hybridized carbons (Fsp3) is 0.368. The number of nitrogens with two attached hydrogens (primary N) is 2. The molecular formula is C19H24N6O3S. The molecule has 2 heterocycles. The van der Waals surface area contributed by atoms with E-state index in [-0.39, 0.29) is 22.4 Å². The summed E-state index contributed by atoms with van der Waals surface area (Å²) in [5, 5.41) is 3.20. The number of hydrogen-bond donors (Lipinski definition) is 3. The lowest BCUT2D eigenvalue weighted by Gasteiger charge is -2.27. The molecule has 1 aliphatic rings. The molecule has 0 spiro atoms. The monoisotopic (exact) mass is 416 g/mol. The second-order valence-corrected chi connectivity index (χ2v) is 7.64. The number of benzene rings is 1. The van der Waals surface area contributed by atoms with Gasteiger partial charge in [0.05, 0.1) is 0 Å². The van der Waals surface area contributed by atoms with E-state index in [2.05, 4.69) is 10.3 Å². The first-order valence-electron chi connectivity index (χ1n) is 9.26. The topological polar surface area (TPSA) is 136 Å². The second kappa shape index (κ2) is 8.56. The van der Waals surface area contributed by atoms with E-state index >= 15 is 0 Å². The van der Waals surface area contributed by atoms with Gasteiger partial charge in [-0.1, -0.05) is 11.8 Å². The number of rotatable bonds is 5. The molecule has 0 bridgehead atoms. The van der Waals surface area contributed by atoms with E-state index in [9.17, 15) is 14.4 Å². The molecule has 1 aliphatic heterocycles. The zero-order valence-corrected chi connectivity index (χ0v) is 17.2. The van der Waals surface area contributed by atoms with Crippen molar-refractivity contribution >= 4 is 35.1 Å². The predicted molar refractivity (Wildman–Crippen MR) is 113 cm³/mol. The average molecular weight is 417 g/mol. The van der Waals surface area contributed by atoms with E-state index in [4.69, 9.17) is 11.6 Å². The molecule has 2 amide bonds. The van der Waals surface area contributed by atoms with Crippen LogP contribution in [-0.2, 0) is 0 Å². The minimum atomic E-state index is -0.925. The molecule has 0 saturated carbocycles. The van der Waals surface area contributed by atoms with Crippen molar-refractivity contribution in [3.05, 3.63) is 45.2 Å². The van der Waals surface area contributed by atoms with E-state index in [1.807, 2.05) is 11.8 Å². The molecule has 0 unspecified atom stereocenters. The van der Waals surface area contributed by atoms with Crippen LogP contribution in [-0.4, -0.2) is 45.7 Å². The molecule has 10 heteroatoms. The van der Waals surface area contributed by atoms with Crippen LogP contribution in [0.5, 0.6) is 0 Å². The van der Waals surface area contributed by atoms with E-state index < -0.39 is 11.5 Å². The number of primary amides is 1. The Morgan fingerprint density at radius 1 is 1.21 bits per heavy atom. The number of amides is 2. The Balaban J connectivity index is 1.92. The van der Waals surface area contributed by atoms with Gasteiger partial charge in [-0.3, -0.25) is 14.4 Å². The van der Waals surface area contributed by atoms with E-state index in [1.54, 1.807) is 24.5 Å². The maximum atomic E-state index is 12.8. The molecular weight excluding hydrogens is 392 g/mol. The number of carbonyl (C=O) groups excluding carboxylic acids is 2. The smallest absolute Gasteiger partial charge is 0.287 e. The minimum absolute atomic E-state index is 0.0140. The molecule has 29 heavy (non-hydrogen) atoms. The summed E-state index contributed by atoms with van der Waals surface area (Å²) in [6.07, 6.45) is 4.91. The Morgan fingerprint density at radius 3 is 2.48 bits per heavy atom. The van der Waals surface area contributed by atoms with Gasteiger partial charge in [0.25, 0.3) is 17.4 Å². The Morgan fingerprint density at radius 2 is 1.90 bits per heavy atom. The van der Waals surface area contributed by atoms with Gasteiger partial charge < -0.3 is 21.8 Å². The highest BCUT2D eigenvalue weighted by Gasteiger charge is 2.22. The number of piperidine rings is 1. The van der Waals surface area contributed by atoms with Gasteiger partial charge in [0.15, 0.2) is 11.0 Å². The molecule has 1 aromatic carbocycles. The van der Waals surface area contributed by atoms with E-state index in [0.717, 1.165) is 54.4 Å². The normalized spacial score (nSPS) is 13.9. The van der Waals surface area contributed by atoms with Crippen LogP contribution >= 0.6 is 11.8 Å². The molecule has 0 atom stereocenters. The number of nitrogen functional groups attached to an aromatic ring is 1. The van der Waals surface area contributed by atoms with Crippen LogP contribution < -0.4 is 22.5 Å². The molecule has 0 radical (unpaired) electrons. The zero-order chi connectivity index (χ0) is 21.1. The Kier molecular flexibility index (Phi) is 6.12. The number of thioether (sulfide) groups is 1. The van der Waals surface area contributed by atoms with Gasteiger partial charge >= 0.3 is 0 Å². The van der Waals surface area contributed by atoms with Crippen molar-refractivity contribution in [1.82, 2.24) is 14.6 Å². The van der Waals surface area contributed by atoms with Crippen LogP contribution in [0.4, 0.5) is 11.5 Å². The molecule has 9 nitrogen and oxygen atoms in total. The number of aromatic nitrogens is 2. The first-order valence-corrected chi connectivity index (χ1v) is 10.5. The summed E-state index contributed by atoms with van der Waals surface area (Å²) < 4.78 is 0.793. The van der Waals surface area contributed by atoms with Crippen molar-refractivity contribution in [1.29, 1.82) is 0 Å². The molecule has 154 valence electrons. The summed E-state index contributed by atoms with van der Waals surface area (Å²) in [5.74, 6) is 4.80.